The van der Waals surface area contributed by atoms with E-state index < -0.39 is 6.19 Å². The van der Waals surface area contributed by atoms with Crippen LogP contribution in [-0.4, -0.2) is 42.8 Å². The molecular formula is C17H19Br2N2PS. The summed E-state index contributed by atoms with van der Waals surface area (Å²) in [6, 6.07) is 17.2. The molecule has 0 N–H and O–H groups in total. The fourth-order valence-electron chi connectivity index (χ4n) is 2.84. The second-order valence-electron chi connectivity index (χ2n) is 5.79. The van der Waals surface area contributed by atoms with Gasteiger partial charge in [-0.05, 0) is 31.3 Å². The molecule has 2 nitrogen and oxygen atoms in total. The number of rotatable bonds is 3. The summed E-state index contributed by atoms with van der Waals surface area (Å²) in [7, 11) is 2.18. The van der Waals surface area contributed by atoms with Gasteiger partial charge in [0, 0.05) is 45.7 Å². The molecule has 1 saturated heterocycles. The maximum atomic E-state index is 6.37. The van der Waals surface area contributed by atoms with Crippen LogP contribution in [0.15, 0.2) is 57.5 Å². The van der Waals surface area contributed by atoms with Gasteiger partial charge < -0.3 is 4.90 Å². The SMILES string of the molecule is CN1CCN(P(=S)(c2ccc(Br)cc2)c2ccc(Br)cc2)CC1. The van der Waals surface area contributed by atoms with Crippen molar-refractivity contribution < 1.29 is 0 Å². The van der Waals surface area contributed by atoms with Crippen LogP contribution in [0, 0.1) is 0 Å². The quantitative estimate of drug-likeness (QED) is 0.626. The summed E-state index contributed by atoms with van der Waals surface area (Å²) in [5, 5.41) is 2.53. The van der Waals surface area contributed by atoms with Gasteiger partial charge in [0.25, 0.3) is 0 Å². The first-order valence-electron chi connectivity index (χ1n) is 7.56. The third-order valence-electron chi connectivity index (χ3n) is 4.23. The maximum absolute atomic E-state index is 6.37. The Bertz CT molecular complexity index is 661. The smallest absolute Gasteiger partial charge is 0.0710 e. The lowest BCUT2D eigenvalue weighted by Gasteiger charge is -2.41. The molecule has 2 aromatic rings. The van der Waals surface area contributed by atoms with Crippen LogP contribution in [0.4, 0.5) is 0 Å². The van der Waals surface area contributed by atoms with Gasteiger partial charge >= 0.3 is 0 Å². The summed E-state index contributed by atoms with van der Waals surface area (Å²) >= 11 is 13.4. The molecule has 1 aliphatic rings. The molecule has 1 heterocycles. The average Bonchev–Trinajstić information content (AvgIpc) is 2.56. The molecule has 0 saturated carbocycles. The third kappa shape index (κ3) is 3.81. The van der Waals surface area contributed by atoms with Gasteiger partial charge in [-0.2, -0.15) is 0 Å². The summed E-state index contributed by atoms with van der Waals surface area (Å²) in [4.78, 5) is 2.37. The summed E-state index contributed by atoms with van der Waals surface area (Å²) in [5.41, 5.74) is 0. The van der Waals surface area contributed by atoms with E-state index in [0.717, 1.165) is 35.1 Å². The van der Waals surface area contributed by atoms with Gasteiger partial charge in [0.1, 0.15) is 0 Å². The van der Waals surface area contributed by atoms with Crippen molar-refractivity contribution in [3.63, 3.8) is 0 Å². The maximum Gasteiger partial charge on any atom is 0.0710 e. The minimum atomic E-state index is -1.97. The lowest BCUT2D eigenvalue weighted by Crippen LogP contribution is -2.45. The van der Waals surface area contributed by atoms with Gasteiger partial charge in [-0.15, -0.1) is 0 Å². The highest BCUT2D eigenvalue weighted by molar-refractivity contribution is 9.10. The highest BCUT2D eigenvalue weighted by atomic mass is 79.9. The Balaban J connectivity index is 2.07. The molecular weight excluding hydrogens is 455 g/mol. The summed E-state index contributed by atoms with van der Waals surface area (Å²) in [6.07, 6.45) is -1.97. The van der Waals surface area contributed by atoms with Crippen LogP contribution in [0.3, 0.4) is 0 Å². The molecule has 0 spiro atoms. The molecule has 0 unspecified atom stereocenters. The Labute approximate surface area is 160 Å². The number of nitrogens with zero attached hydrogens (tertiary/aromatic N) is 2. The molecule has 23 heavy (non-hydrogen) atoms. The second kappa shape index (κ2) is 7.47. The summed E-state index contributed by atoms with van der Waals surface area (Å²) < 4.78 is 4.73. The first-order chi connectivity index (χ1) is 11.0. The molecule has 6 heteroatoms. The Morgan fingerprint density at radius 3 is 1.57 bits per heavy atom. The molecule has 0 atom stereocenters. The van der Waals surface area contributed by atoms with Gasteiger partial charge in [0.05, 0.1) is 6.19 Å². The van der Waals surface area contributed by atoms with Crippen LogP contribution in [-0.2, 0) is 11.8 Å². The topological polar surface area (TPSA) is 6.48 Å². The molecule has 122 valence electrons. The van der Waals surface area contributed by atoms with E-state index in [9.17, 15) is 0 Å². The standard InChI is InChI=1S/C17H19Br2N2PS/c1-20-10-12-21(13-11-20)22(23,16-6-2-14(18)3-7-16)17-8-4-15(19)5-9-17/h2-9H,10-13H2,1H3. The van der Waals surface area contributed by atoms with E-state index in [1.807, 2.05) is 0 Å². The van der Waals surface area contributed by atoms with Crippen molar-refractivity contribution in [3.05, 3.63) is 57.5 Å². The van der Waals surface area contributed by atoms with E-state index in [-0.39, 0.29) is 0 Å². The number of likely N-dealkylation sites (N-methyl/N-ethyl adjacent to an activating group) is 1. The van der Waals surface area contributed by atoms with Gasteiger partial charge in [-0.1, -0.05) is 67.9 Å². The molecule has 0 radical (unpaired) electrons. The predicted octanol–water partition coefficient (Wildman–Crippen LogP) is 3.80. The number of hydrogen-bond acceptors (Lipinski definition) is 2. The number of hydrogen-bond donors (Lipinski definition) is 0. The van der Waals surface area contributed by atoms with Crippen molar-refractivity contribution in [1.82, 2.24) is 9.57 Å². The third-order valence-corrected chi connectivity index (χ3v) is 10.4. The molecule has 2 aromatic carbocycles. The number of piperazine rings is 1. The van der Waals surface area contributed by atoms with E-state index in [2.05, 4.69) is 97.0 Å². The molecule has 0 bridgehead atoms. The molecule has 1 fully saturated rings. The van der Waals surface area contributed by atoms with Gasteiger partial charge in [0.2, 0.25) is 0 Å². The van der Waals surface area contributed by atoms with Gasteiger partial charge in [-0.25, -0.2) is 0 Å². The first kappa shape index (κ1) is 17.8. The van der Waals surface area contributed by atoms with E-state index in [1.54, 1.807) is 0 Å². The van der Waals surface area contributed by atoms with Crippen molar-refractivity contribution >= 4 is 60.5 Å². The van der Waals surface area contributed by atoms with Crippen molar-refractivity contribution in [2.24, 2.45) is 0 Å². The molecule has 3 rings (SSSR count). The zero-order valence-electron chi connectivity index (χ0n) is 13.0. The Kier molecular flexibility index (Phi) is 5.77. The Morgan fingerprint density at radius 1 is 0.783 bits per heavy atom. The Hall–Kier alpha value is -0.0300. The first-order valence-corrected chi connectivity index (χ1v) is 11.9. The number of halogens is 2. The highest BCUT2D eigenvalue weighted by Gasteiger charge is 2.31. The lowest BCUT2D eigenvalue weighted by molar-refractivity contribution is 0.230. The van der Waals surface area contributed by atoms with Crippen molar-refractivity contribution in [2.45, 2.75) is 0 Å². The molecule has 0 amide bonds. The number of benzene rings is 2. The zero-order chi connectivity index (χ0) is 16.4. The summed E-state index contributed by atoms with van der Waals surface area (Å²) in [5.74, 6) is 0. The van der Waals surface area contributed by atoms with E-state index in [1.165, 1.54) is 10.6 Å². The second-order valence-corrected chi connectivity index (χ2v) is 12.0. The van der Waals surface area contributed by atoms with Crippen molar-refractivity contribution in [1.29, 1.82) is 0 Å². The van der Waals surface area contributed by atoms with Crippen LogP contribution in [0.1, 0.15) is 0 Å². The van der Waals surface area contributed by atoms with Crippen LogP contribution in [0.5, 0.6) is 0 Å². The van der Waals surface area contributed by atoms with Gasteiger partial charge in [-0.3, -0.25) is 4.67 Å². The minimum Gasteiger partial charge on any atom is -0.304 e. The fourth-order valence-corrected chi connectivity index (χ4v) is 7.39. The zero-order valence-corrected chi connectivity index (χ0v) is 17.8. The molecule has 0 aliphatic carbocycles. The van der Waals surface area contributed by atoms with Crippen LogP contribution < -0.4 is 10.6 Å². The van der Waals surface area contributed by atoms with Gasteiger partial charge in [0.15, 0.2) is 0 Å². The molecule has 0 aromatic heterocycles. The summed E-state index contributed by atoms with van der Waals surface area (Å²) in [6.45, 7) is 4.21. The highest BCUT2D eigenvalue weighted by Crippen LogP contribution is 2.48. The van der Waals surface area contributed by atoms with Crippen LogP contribution in [0.2, 0.25) is 0 Å². The van der Waals surface area contributed by atoms with Crippen LogP contribution in [0.25, 0.3) is 0 Å². The lowest BCUT2D eigenvalue weighted by atomic mass is 10.4. The monoisotopic (exact) mass is 472 g/mol. The minimum absolute atomic E-state index is 1.03. The Morgan fingerprint density at radius 2 is 1.17 bits per heavy atom. The normalized spacial score (nSPS) is 17.3. The van der Waals surface area contributed by atoms with Crippen LogP contribution >= 0.6 is 38.0 Å². The van der Waals surface area contributed by atoms with E-state index >= 15 is 0 Å². The fraction of sp³-hybridized carbons (Fsp3) is 0.294. The van der Waals surface area contributed by atoms with Crippen molar-refractivity contribution in [2.75, 3.05) is 33.2 Å². The largest absolute Gasteiger partial charge is 0.304 e. The molecule has 1 aliphatic heterocycles. The van der Waals surface area contributed by atoms with E-state index in [4.69, 9.17) is 11.8 Å². The predicted molar refractivity (Wildman–Crippen MR) is 111 cm³/mol. The average molecular weight is 474 g/mol. The van der Waals surface area contributed by atoms with E-state index in [0.29, 0.717) is 0 Å². The van der Waals surface area contributed by atoms with Crippen molar-refractivity contribution in [3.8, 4) is 0 Å².